The summed E-state index contributed by atoms with van der Waals surface area (Å²) in [6.07, 6.45) is 1.75. The normalized spacial score (nSPS) is 19.8. The predicted octanol–water partition coefficient (Wildman–Crippen LogP) is 3.69. The van der Waals surface area contributed by atoms with E-state index in [0.29, 0.717) is 11.4 Å². The van der Waals surface area contributed by atoms with E-state index in [9.17, 15) is 8.78 Å². The minimum absolute atomic E-state index is 0. The van der Waals surface area contributed by atoms with Gasteiger partial charge in [-0.2, -0.15) is 0 Å². The van der Waals surface area contributed by atoms with Crippen LogP contribution in [0.15, 0.2) is 18.3 Å². The van der Waals surface area contributed by atoms with E-state index in [1.165, 1.54) is 0 Å². The van der Waals surface area contributed by atoms with Crippen LogP contribution in [0.3, 0.4) is 0 Å². The minimum atomic E-state index is -2.57. The van der Waals surface area contributed by atoms with Crippen LogP contribution in [0.5, 0.6) is 5.75 Å². The number of ether oxygens (including phenoxy) is 1. The Morgan fingerprint density at radius 1 is 1.16 bits per heavy atom. The molecule has 0 atom stereocenters. The first-order chi connectivity index (χ1) is 7.95. The highest BCUT2D eigenvalue weighted by Gasteiger charge is 2.42. The number of halogens is 4. The Morgan fingerprint density at radius 2 is 1.74 bits per heavy atom. The van der Waals surface area contributed by atoms with Crippen LogP contribution in [0.4, 0.5) is 8.78 Å². The molecule has 19 heavy (non-hydrogen) atoms. The summed E-state index contributed by atoms with van der Waals surface area (Å²) in [5.74, 6) is -1.94. The van der Waals surface area contributed by atoms with Gasteiger partial charge >= 0.3 is 0 Å². The maximum Gasteiger partial charge on any atom is 0.248 e. The first kappa shape index (κ1) is 19.2. The molecule has 1 heterocycles. The quantitative estimate of drug-likeness (QED) is 0.634. The molecule has 2 N–H and O–H groups in total. The topological polar surface area (TPSA) is 48.1 Å². The molecule has 0 bridgehead atoms. The van der Waals surface area contributed by atoms with Crippen LogP contribution in [0.2, 0.25) is 0 Å². The average molecular weight is 498 g/mol. The van der Waals surface area contributed by atoms with Crippen LogP contribution in [0.1, 0.15) is 31.4 Å². The van der Waals surface area contributed by atoms with Crippen molar-refractivity contribution >= 4 is 48.0 Å². The van der Waals surface area contributed by atoms with Gasteiger partial charge in [-0.05, 0) is 25.0 Å². The van der Waals surface area contributed by atoms with Crippen LogP contribution >= 0.6 is 48.0 Å². The molecule has 0 aromatic carbocycles. The Kier molecular flexibility index (Phi) is 7.39. The highest BCUT2D eigenvalue weighted by atomic mass is 127. The van der Waals surface area contributed by atoms with Gasteiger partial charge in [0.2, 0.25) is 5.92 Å². The molecule has 2 rings (SSSR count). The van der Waals surface area contributed by atoms with Gasteiger partial charge in [0, 0.05) is 12.8 Å². The van der Waals surface area contributed by atoms with E-state index in [0.717, 1.165) is 0 Å². The Labute approximate surface area is 145 Å². The summed E-state index contributed by atoms with van der Waals surface area (Å²) in [5, 5.41) is 0. The van der Waals surface area contributed by atoms with Crippen LogP contribution < -0.4 is 10.5 Å². The van der Waals surface area contributed by atoms with Crippen LogP contribution in [0.25, 0.3) is 0 Å². The summed E-state index contributed by atoms with van der Waals surface area (Å²) in [6, 6.07) is 3.51. The molecule has 1 aliphatic rings. The zero-order chi connectivity index (χ0) is 12.5. The molecule has 1 saturated carbocycles. The van der Waals surface area contributed by atoms with Crippen LogP contribution in [-0.2, 0) is 5.54 Å². The Balaban J connectivity index is 0.00000162. The molecule has 0 spiro atoms. The first-order valence-corrected chi connectivity index (χ1v) is 5.62. The van der Waals surface area contributed by atoms with Gasteiger partial charge in [-0.15, -0.1) is 48.0 Å². The largest absolute Gasteiger partial charge is 0.495 e. The van der Waals surface area contributed by atoms with Crippen molar-refractivity contribution in [3.63, 3.8) is 0 Å². The molecule has 0 amide bonds. The lowest BCUT2D eigenvalue weighted by Crippen LogP contribution is -2.44. The van der Waals surface area contributed by atoms with Gasteiger partial charge in [0.15, 0.2) is 0 Å². The first-order valence-electron chi connectivity index (χ1n) is 5.62. The third-order valence-electron chi connectivity index (χ3n) is 3.36. The molecular weight excluding hydrogens is 480 g/mol. The van der Waals surface area contributed by atoms with Gasteiger partial charge < -0.3 is 10.5 Å². The van der Waals surface area contributed by atoms with Crippen LogP contribution in [-0.4, -0.2) is 18.0 Å². The Bertz CT molecular complexity index is 391. The lowest BCUT2D eigenvalue weighted by Gasteiger charge is -2.36. The second kappa shape index (κ2) is 7.30. The highest BCUT2D eigenvalue weighted by molar-refractivity contribution is 14.0. The van der Waals surface area contributed by atoms with Gasteiger partial charge in [0.25, 0.3) is 0 Å². The molecule has 3 nitrogen and oxygen atoms in total. The summed E-state index contributed by atoms with van der Waals surface area (Å²) < 4.78 is 31.2. The van der Waals surface area contributed by atoms with E-state index in [4.69, 9.17) is 10.5 Å². The smallest absolute Gasteiger partial charge is 0.248 e. The second-order valence-electron chi connectivity index (χ2n) is 4.60. The fraction of sp³-hybridized carbons (Fsp3) is 0.583. The predicted molar refractivity (Wildman–Crippen MR) is 90.9 cm³/mol. The third-order valence-corrected chi connectivity index (χ3v) is 3.36. The average Bonchev–Trinajstić information content (AvgIpc) is 2.34. The van der Waals surface area contributed by atoms with Crippen molar-refractivity contribution in [2.24, 2.45) is 5.73 Å². The molecule has 1 aliphatic carbocycles. The molecule has 110 valence electrons. The van der Waals surface area contributed by atoms with Gasteiger partial charge in [-0.25, -0.2) is 8.78 Å². The molecule has 7 heteroatoms. The number of nitrogens with zero attached hydrogens (tertiary/aromatic N) is 1. The fourth-order valence-corrected chi connectivity index (χ4v) is 2.11. The summed E-state index contributed by atoms with van der Waals surface area (Å²) in [7, 11) is 1.55. The van der Waals surface area contributed by atoms with Crippen molar-refractivity contribution < 1.29 is 13.5 Å². The number of hydrogen-bond acceptors (Lipinski definition) is 3. The lowest BCUT2D eigenvalue weighted by molar-refractivity contribution is -0.0519. The minimum Gasteiger partial charge on any atom is -0.495 e. The third kappa shape index (κ3) is 4.62. The molecule has 1 aromatic heterocycles. The molecule has 0 radical (unpaired) electrons. The van der Waals surface area contributed by atoms with Crippen molar-refractivity contribution in [2.45, 2.75) is 37.1 Å². The van der Waals surface area contributed by atoms with Gasteiger partial charge in [0.05, 0.1) is 24.5 Å². The van der Waals surface area contributed by atoms with Crippen molar-refractivity contribution in [3.8, 4) is 5.75 Å². The van der Waals surface area contributed by atoms with Crippen LogP contribution in [0, 0.1) is 0 Å². The standard InChI is InChI=1S/C12H16F2N2O.2HI/c1-17-9-2-3-10(16-8-9)11(15)4-6-12(13,14)7-5-11;;/h2-3,8H,4-7,15H2,1H3;2*1H. The number of rotatable bonds is 2. The summed E-state index contributed by atoms with van der Waals surface area (Å²) in [5.41, 5.74) is 6.09. The zero-order valence-electron chi connectivity index (χ0n) is 10.6. The number of nitrogens with two attached hydrogens (primary N) is 1. The SMILES string of the molecule is COc1ccc(C2(N)CCC(F)(F)CC2)nc1.I.I. The fourth-order valence-electron chi connectivity index (χ4n) is 2.11. The number of methoxy groups -OCH3 is 1. The summed E-state index contributed by atoms with van der Waals surface area (Å²) in [6.45, 7) is 0. The number of aromatic nitrogens is 1. The number of alkyl halides is 2. The van der Waals surface area contributed by atoms with Crippen molar-refractivity contribution in [2.75, 3.05) is 7.11 Å². The van der Waals surface area contributed by atoms with E-state index < -0.39 is 11.5 Å². The maximum atomic E-state index is 13.1. The van der Waals surface area contributed by atoms with Gasteiger partial charge in [-0.1, -0.05) is 0 Å². The van der Waals surface area contributed by atoms with E-state index in [2.05, 4.69) is 4.98 Å². The maximum absolute atomic E-state index is 13.1. The molecule has 0 aliphatic heterocycles. The monoisotopic (exact) mass is 498 g/mol. The molecule has 0 saturated heterocycles. The number of pyridine rings is 1. The molecule has 0 unspecified atom stereocenters. The molecule has 1 aromatic rings. The number of hydrogen-bond donors (Lipinski definition) is 1. The van der Waals surface area contributed by atoms with E-state index in [-0.39, 0.29) is 73.6 Å². The van der Waals surface area contributed by atoms with Gasteiger partial charge in [-0.3, -0.25) is 4.98 Å². The summed E-state index contributed by atoms with van der Waals surface area (Å²) in [4.78, 5) is 4.20. The Morgan fingerprint density at radius 3 is 2.16 bits per heavy atom. The highest BCUT2D eigenvalue weighted by Crippen LogP contribution is 2.41. The summed E-state index contributed by atoms with van der Waals surface area (Å²) >= 11 is 0. The second-order valence-corrected chi connectivity index (χ2v) is 4.60. The lowest BCUT2D eigenvalue weighted by atomic mass is 9.78. The Hall–Kier alpha value is 0.230. The van der Waals surface area contributed by atoms with Gasteiger partial charge in [0.1, 0.15) is 5.75 Å². The van der Waals surface area contributed by atoms with Crippen molar-refractivity contribution in [1.82, 2.24) is 4.98 Å². The van der Waals surface area contributed by atoms with Crippen molar-refractivity contribution in [3.05, 3.63) is 24.0 Å². The van der Waals surface area contributed by atoms with E-state index in [1.807, 2.05) is 0 Å². The molecule has 1 fully saturated rings. The van der Waals surface area contributed by atoms with E-state index in [1.54, 1.807) is 25.4 Å². The van der Waals surface area contributed by atoms with Crippen molar-refractivity contribution in [1.29, 1.82) is 0 Å². The molecular formula is C12H18F2I2N2O. The zero-order valence-corrected chi connectivity index (χ0v) is 15.2. The van der Waals surface area contributed by atoms with E-state index >= 15 is 0 Å².